The van der Waals surface area contributed by atoms with E-state index in [0.29, 0.717) is 18.2 Å². The van der Waals surface area contributed by atoms with Gasteiger partial charge in [0.1, 0.15) is 4.60 Å². The number of piperidine rings is 1. The highest BCUT2D eigenvalue weighted by Gasteiger charge is 2.22. The number of halogens is 1. The average Bonchev–Trinajstić information content (AvgIpc) is 2.39. The van der Waals surface area contributed by atoms with E-state index >= 15 is 0 Å². The summed E-state index contributed by atoms with van der Waals surface area (Å²) >= 11 is 3.30. The zero-order chi connectivity index (χ0) is 14.5. The molecule has 8 heteroatoms. The fourth-order valence-electron chi connectivity index (χ4n) is 2.32. The molecular formula is C12H18BrN5O2. The van der Waals surface area contributed by atoms with Crippen LogP contribution in [0.4, 0.5) is 16.2 Å². The number of rotatable bonds is 4. The van der Waals surface area contributed by atoms with Crippen LogP contribution in [0.25, 0.3) is 0 Å². The van der Waals surface area contributed by atoms with E-state index in [1.807, 2.05) is 6.07 Å². The van der Waals surface area contributed by atoms with Crippen molar-refractivity contribution in [2.24, 2.45) is 5.92 Å². The third-order valence-electron chi connectivity index (χ3n) is 3.25. The highest BCUT2D eigenvalue weighted by Crippen LogP contribution is 2.22. The van der Waals surface area contributed by atoms with Crippen molar-refractivity contribution in [2.75, 3.05) is 30.7 Å². The SMILES string of the molecule is Nc1cnc(Br)cc1NCC1CNCC(NC(=O)O)C1. The number of hydrogen-bond donors (Lipinski definition) is 5. The zero-order valence-electron chi connectivity index (χ0n) is 10.9. The Morgan fingerprint density at radius 2 is 2.40 bits per heavy atom. The highest BCUT2D eigenvalue weighted by atomic mass is 79.9. The van der Waals surface area contributed by atoms with E-state index in [0.717, 1.165) is 29.8 Å². The second-order valence-electron chi connectivity index (χ2n) is 4.88. The van der Waals surface area contributed by atoms with Crippen molar-refractivity contribution in [1.29, 1.82) is 0 Å². The number of nitrogens with one attached hydrogen (secondary N) is 3. The third-order valence-corrected chi connectivity index (χ3v) is 3.69. The van der Waals surface area contributed by atoms with Gasteiger partial charge in [0.05, 0.1) is 17.6 Å². The lowest BCUT2D eigenvalue weighted by Crippen LogP contribution is -2.49. The molecule has 1 aromatic rings. The molecule has 0 saturated carbocycles. The van der Waals surface area contributed by atoms with Gasteiger partial charge in [-0.25, -0.2) is 9.78 Å². The number of amides is 1. The summed E-state index contributed by atoms with van der Waals surface area (Å²) in [6.45, 7) is 2.26. The fourth-order valence-corrected chi connectivity index (χ4v) is 2.65. The van der Waals surface area contributed by atoms with Gasteiger partial charge in [0, 0.05) is 19.1 Å². The largest absolute Gasteiger partial charge is 0.465 e. The highest BCUT2D eigenvalue weighted by molar-refractivity contribution is 9.10. The second kappa shape index (κ2) is 6.76. The molecule has 1 aliphatic rings. The van der Waals surface area contributed by atoms with Gasteiger partial charge in [0.15, 0.2) is 0 Å². The molecule has 7 nitrogen and oxygen atoms in total. The minimum Gasteiger partial charge on any atom is -0.465 e. The average molecular weight is 344 g/mol. The first-order valence-corrected chi connectivity index (χ1v) is 7.19. The first-order valence-electron chi connectivity index (χ1n) is 6.39. The van der Waals surface area contributed by atoms with Gasteiger partial charge in [-0.1, -0.05) is 0 Å². The summed E-state index contributed by atoms with van der Waals surface area (Å²) in [5.41, 5.74) is 7.27. The number of anilines is 2. The van der Waals surface area contributed by atoms with Gasteiger partial charge < -0.3 is 26.8 Å². The van der Waals surface area contributed by atoms with Gasteiger partial charge in [0.25, 0.3) is 0 Å². The van der Waals surface area contributed by atoms with Crippen LogP contribution in [-0.2, 0) is 0 Å². The molecule has 0 bridgehead atoms. The molecule has 0 spiro atoms. The quantitative estimate of drug-likeness (QED) is 0.523. The molecule has 0 aromatic carbocycles. The predicted molar refractivity (Wildman–Crippen MR) is 80.8 cm³/mol. The lowest BCUT2D eigenvalue weighted by Gasteiger charge is -2.30. The molecule has 0 radical (unpaired) electrons. The van der Waals surface area contributed by atoms with Crippen LogP contribution in [0.2, 0.25) is 0 Å². The topological polar surface area (TPSA) is 112 Å². The monoisotopic (exact) mass is 343 g/mol. The molecule has 1 aliphatic heterocycles. The van der Waals surface area contributed by atoms with Gasteiger partial charge in [-0.05, 0) is 40.9 Å². The first kappa shape index (κ1) is 14.9. The summed E-state index contributed by atoms with van der Waals surface area (Å²) in [4.78, 5) is 14.7. The zero-order valence-corrected chi connectivity index (χ0v) is 12.5. The van der Waals surface area contributed by atoms with Crippen molar-refractivity contribution in [3.63, 3.8) is 0 Å². The molecule has 1 fully saturated rings. The van der Waals surface area contributed by atoms with Crippen LogP contribution in [0.5, 0.6) is 0 Å². The van der Waals surface area contributed by atoms with Crippen LogP contribution in [0.15, 0.2) is 16.9 Å². The Balaban J connectivity index is 1.87. The van der Waals surface area contributed by atoms with Gasteiger partial charge in [-0.3, -0.25) is 0 Å². The number of pyridine rings is 1. The molecule has 0 aliphatic carbocycles. The van der Waals surface area contributed by atoms with Crippen molar-refractivity contribution in [3.05, 3.63) is 16.9 Å². The minimum atomic E-state index is -0.979. The molecule has 1 aromatic heterocycles. The third kappa shape index (κ3) is 4.24. The van der Waals surface area contributed by atoms with E-state index in [4.69, 9.17) is 10.8 Å². The van der Waals surface area contributed by atoms with Gasteiger partial charge in [-0.2, -0.15) is 0 Å². The van der Waals surface area contributed by atoms with Crippen molar-refractivity contribution in [2.45, 2.75) is 12.5 Å². The number of nitrogens with two attached hydrogens (primary N) is 1. The summed E-state index contributed by atoms with van der Waals surface area (Å²) in [5.74, 6) is 0.340. The summed E-state index contributed by atoms with van der Waals surface area (Å²) in [7, 11) is 0. The Morgan fingerprint density at radius 3 is 3.15 bits per heavy atom. The molecule has 2 rings (SSSR count). The van der Waals surface area contributed by atoms with Crippen LogP contribution in [0.3, 0.4) is 0 Å². The Bertz CT molecular complexity index is 485. The van der Waals surface area contributed by atoms with Crippen LogP contribution in [-0.4, -0.2) is 41.9 Å². The predicted octanol–water partition coefficient (Wildman–Crippen LogP) is 1.08. The molecule has 2 atom stereocenters. The lowest BCUT2D eigenvalue weighted by atomic mass is 9.95. The Hall–Kier alpha value is -1.54. The molecular weight excluding hydrogens is 326 g/mol. The van der Waals surface area contributed by atoms with Gasteiger partial charge in [0.2, 0.25) is 0 Å². The standard InChI is InChI=1S/C12H18BrN5O2/c13-11-2-10(9(14)6-17-11)16-4-7-1-8(5-15-3-7)18-12(19)20/h2,6-8,15,18H,1,3-5,14H2,(H,16,17)(H,19,20). The number of nitrogen functional groups attached to an aromatic ring is 1. The Kier molecular flexibility index (Phi) is 5.02. The van der Waals surface area contributed by atoms with Crippen molar-refractivity contribution < 1.29 is 9.90 Å². The molecule has 20 heavy (non-hydrogen) atoms. The summed E-state index contributed by atoms with van der Waals surface area (Å²) in [5, 5.41) is 17.8. The molecule has 110 valence electrons. The van der Waals surface area contributed by atoms with Crippen LogP contribution < -0.4 is 21.7 Å². The molecule has 1 saturated heterocycles. The lowest BCUT2D eigenvalue weighted by molar-refractivity contribution is 0.184. The van der Waals surface area contributed by atoms with Crippen molar-refractivity contribution in [3.8, 4) is 0 Å². The number of carbonyl (C=O) groups is 1. The van der Waals surface area contributed by atoms with E-state index in [2.05, 4.69) is 36.9 Å². The number of carboxylic acid groups (broad SMARTS) is 1. The van der Waals surface area contributed by atoms with Crippen LogP contribution in [0, 0.1) is 5.92 Å². The normalized spacial score (nSPS) is 22.2. The Labute approximate surface area is 125 Å². The van der Waals surface area contributed by atoms with Crippen molar-refractivity contribution >= 4 is 33.4 Å². The van der Waals surface area contributed by atoms with E-state index in [1.165, 1.54) is 0 Å². The van der Waals surface area contributed by atoms with E-state index in [1.54, 1.807) is 6.20 Å². The minimum absolute atomic E-state index is 0.0467. The molecule has 2 unspecified atom stereocenters. The first-order chi connectivity index (χ1) is 9.54. The molecule has 2 heterocycles. The maximum atomic E-state index is 10.7. The maximum absolute atomic E-state index is 10.7. The Morgan fingerprint density at radius 1 is 1.60 bits per heavy atom. The van der Waals surface area contributed by atoms with Crippen LogP contribution in [0.1, 0.15) is 6.42 Å². The van der Waals surface area contributed by atoms with Gasteiger partial charge in [-0.15, -0.1) is 0 Å². The summed E-state index contributed by atoms with van der Waals surface area (Å²) in [6, 6.07) is 1.79. The fraction of sp³-hybridized carbons (Fsp3) is 0.500. The van der Waals surface area contributed by atoms with Crippen LogP contribution >= 0.6 is 15.9 Å². The van der Waals surface area contributed by atoms with E-state index < -0.39 is 6.09 Å². The summed E-state index contributed by atoms with van der Waals surface area (Å²) in [6.07, 6.45) is 1.42. The maximum Gasteiger partial charge on any atom is 0.404 e. The second-order valence-corrected chi connectivity index (χ2v) is 5.69. The smallest absolute Gasteiger partial charge is 0.404 e. The molecule has 6 N–H and O–H groups in total. The van der Waals surface area contributed by atoms with E-state index in [9.17, 15) is 4.79 Å². The molecule has 1 amide bonds. The van der Waals surface area contributed by atoms with E-state index in [-0.39, 0.29) is 6.04 Å². The number of nitrogens with zero attached hydrogens (tertiary/aromatic N) is 1. The summed E-state index contributed by atoms with van der Waals surface area (Å²) < 4.78 is 0.724. The van der Waals surface area contributed by atoms with Crippen molar-refractivity contribution in [1.82, 2.24) is 15.6 Å². The number of hydrogen-bond acceptors (Lipinski definition) is 5. The number of aromatic nitrogens is 1. The van der Waals surface area contributed by atoms with Gasteiger partial charge >= 0.3 is 6.09 Å².